The van der Waals surface area contributed by atoms with Gasteiger partial charge in [0.25, 0.3) is 0 Å². The molecule has 1 unspecified atom stereocenters. The number of anilines is 2. The van der Waals surface area contributed by atoms with E-state index in [1.165, 1.54) is 12.1 Å². The van der Waals surface area contributed by atoms with Gasteiger partial charge < -0.3 is 5.32 Å². The summed E-state index contributed by atoms with van der Waals surface area (Å²) in [6, 6.07) is 13.1. The Hall–Kier alpha value is -2.08. The van der Waals surface area contributed by atoms with Crippen LogP contribution < -0.4 is 10.0 Å². The molecular weight excluding hydrogens is 291 g/mol. The second-order valence-corrected chi connectivity index (χ2v) is 6.59. The van der Waals surface area contributed by atoms with Gasteiger partial charge in [0, 0.05) is 6.04 Å². The maximum absolute atomic E-state index is 13.2. The van der Waals surface area contributed by atoms with Crippen molar-refractivity contribution in [3.05, 3.63) is 59.9 Å². The smallest absolute Gasteiger partial charge is 0.229 e. The van der Waals surface area contributed by atoms with E-state index < -0.39 is 10.0 Å². The summed E-state index contributed by atoms with van der Waals surface area (Å²) in [6.45, 7) is 1.88. The molecule has 2 aromatic rings. The minimum Gasteiger partial charge on any atom is -0.377 e. The first-order chi connectivity index (χ1) is 9.85. The van der Waals surface area contributed by atoms with Gasteiger partial charge in [-0.15, -0.1) is 0 Å². The maximum atomic E-state index is 13.2. The highest BCUT2D eigenvalue weighted by Gasteiger charge is 2.11. The van der Waals surface area contributed by atoms with E-state index in [4.69, 9.17) is 0 Å². The average molecular weight is 308 g/mol. The van der Waals surface area contributed by atoms with Crippen LogP contribution in [0, 0.1) is 5.82 Å². The molecule has 0 amide bonds. The summed E-state index contributed by atoms with van der Waals surface area (Å²) in [5, 5.41) is 3.18. The van der Waals surface area contributed by atoms with Crippen molar-refractivity contribution in [2.24, 2.45) is 0 Å². The lowest BCUT2D eigenvalue weighted by Crippen LogP contribution is -2.13. The van der Waals surface area contributed by atoms with Crippen LogP contribution in [0.15, 0.2) is 48.5 Å². The van der Waals surface area contributed by atoms with Crippen molar-refractivity contribution in [1.82, 2.24) is 0 Å². The Morgan fingerprint density at radius 1 is 1.05 bits per heavy atom. The molecule has 0 aliphatic carbocycles. The van der Waals surface area contributed by atoms with Gasteiger partial charge >= 0.3 is 0 Å². The first kappa shape index (κ1) is 15.3. The van der Waals surface area contributed by atoms with Crippen LogP contribution in [-0.2, 0) is 10.0 Å². The first-order valence-electron chi connectivity index (χ1n) is 6.44. The third kappa shape index (κ3) is 4.46. The standard InChI is InChI=1S/C15H17FN2O2S/c1-11(12-6-5-7-13(16)10-12)17-14-8-3-4-9-15(14)18-21(2,19)20/h3-11,17-18H,1-2H3. The van der Waals surface area contributed by atoms with E-state index in [0.29, 0.717) is 11.4 Å². The van der Waals surface area contributed by atoms with Crippen LogP contribution in [0.2, 0.25) is 0 Å². The van der Waals surface area contributed by atoms with E-state index in [9.17, 15) is 12.8 Å². The molecular formula is C15H17FN2O2S. The molecule has 112 valence electrons. The summed E-state index contributed by atoms with van der Waals surface area (Å²) >= 11 is 0. The van der Waals surface area contributed by atoms with Crippen molar-refractivity contribution in [2.45, 2.75) is 13.0 Å². The number of benzene rings is 2. The van der Waals surface area contributed by atoms with Gasteiger partial charge in [0.2, 0.25) is 10.0 Å². The Bertz CT molecular complexity index is 732. The van der Waals surface area contributed by atoms with Gasteiger partial charge in [-0.25, -0.2) is 12.8 Å². The number of sulfonamides is 1. The SMILES string of the molecule is CC(Nc1ccccc1NS(C)(=O)=O)c1cccc(F)c1. The third-order valence-corrected chi connectivity index (χ3v) is 3.53. The minimum absolute atomic E-state index is 0.164. The molecule has 2 N–H and O–H groups in total. The lowest BCUT2D eigenvalue weighted by Gasteiger charge is -2.18. The molecule has 0 radical (unpaired) electrons. The van der Waals surface area contributed by atoms with Gasteiger partial charge in [-0.2, -0.15) is 0 Å². The van der Waals surface area contributed by atoms with Crippen LogP contribution in [0.25, 0.3) is 0 Å². The van der Waals surface area contributed by atoms with Crippen molar-refractivity contribution >= 4 is 21.4 Å². The Morgan fingerprint density at radius 2 is 1.71 bits per heavy atom. The molecule has 0 saturated carbocycles. The molecule has 21 heavy (non-hydrogen) atoms. The number of rotatable bonds is 5. The molecule has 0 aliphatic heterocycles. The Labute approximate surface area is 124 Å². The molecule has 0 heterocycles. The zero-order chi connectivity index (χ0) is 15.5. The second-order valence-electron chi connectivity index (χ2n) is 4.84. The molecule has 6 heteroatoms. The van der Waals surface area contributed by atoms with E-state index in [-0.39, 0.29) is 11.9 Å². The van der Waals surface area contributed by atoms with E-state index >= 15 is 0 Å². The number of hydrogen-bond donors (Lipinski definition) is 2. The summed E-state index contributed by atoms with van der Waals surface area (Å²) in [5.74, 6) is -0.302. The van der Waals surface area contributed by atoms with Crippen LogP contribution in [0.5, 0.6) is 0 Å². The minimum atomic E-state index is -3.36. The van der Waals surface area contributed by atoms with Crippen molar-refractivity contribution in [3.63, 3.8) is 0 Å². The van der Waals surface area contributed by atoms with Crippen LogP contribution in [0.3, 0.4) is 0 Å². The molecule has 2 aromatic carbocycles. The lowest BCUT2D eigenvalue weighted by molar-refractivity contribution is 0.607. The van der Waals surface area contributed by atoms with Crippen molar-refractivity contribution in [1.29, 1.82) is 0 Å². The van der Waals surface area contributed by atoms with Crippen molar-refractivity contribution in [3.8, 4) is 0 Å². The summed E-state index contributed by atoms with van der Waals surface area (Å²) in [7, 11) is -3.36. The molecule has 0 fully saturated rings. The fraction of sp³-hybridized carbons (Fsp3) is 0.200. The predicted octanol–water partition coefficient (Wildman–Crippen LogP) is 3.37. The zero-order valence-electron chi connectivity index (χ0n) is 11.8. The lowest BCUT2D eigenvalue weighted by atomic mass is 10.1. The number of halogens is 1. The molecule has 1 atom stereocenters. The second kappa shape index (κ2) is 6.13. The molecule has 0 aromatic heterocycles. The van der Waals surface area contributed by atoms with E-state index in [2.05, 4.69) is 10.0 Å². The van der Waals surface area contributed by atoms with E-state index in [0.717, 1.165) is 11.8 Å². The third-order valence-electron chi connectivity index (χ3n) is 2.94. The molecule has 2 rings (SSSR count). The summed E-state index contributed by atoms with van der Waals surface area (Å²) in [5.41, 5.74) is 1.88. The highest BCUT2D eigenvalue weighted by atomic mass is 32.2. The highest BCUT2D eigenvalue weighted by molar-refractivity contribution is 7.92. The van der Waals surface area contributed by atoms with Gasteiger partial charge in [-0.05, 0) is 36.8 Å². The van der Waals surface area contributed by atoms with Gasteiger partial charge in [-0.1, -0.05) is 24.3 Å². The molecule has 0 saturated heterocycles. The quantitative estimate of drug-likeness (QED) is 0.890. The number of para-hydroxylation sites is 2. The highest BCUT2D eigenvalue weighted by Crippen LogP contribution is 2.26. The predicted molar refractivity (Wildman–Crippen MR) is 83.3 cm³/mol. The van der Waals surface area contributed by atoms with Crippen LogP contribution >= 0.6 is 0 Å². The largest absolute Gasteiger partial charge is 0.377 e. The van der Waals surface area contributed by atoms with Crippen molar-refractivity contribution in [2.75, 3.05) is 16.3 Å². The first-order valence-corrected chi connectivity index (χ1v) is 8.33. The van der Waals surface area contributed by atoms with Gasteiger partial charge in [0.15, 0.2) is 0 Å². The van der Waals surface area contributed by atoms with Crippen LogP contribution in [0.4, 0.5) is 15.8 Å². The van der Waals surface area contributed by atoms with Gasteiger partial charge in [0.1, 0.15) is 5.82 Å². The molecule has 0 aliphatic rings. The topological polar surface area (TPSA) is 58.2 Å². The van der Waals surface area contributed by atoms with E-state index in [1.807, 2.05) is 13.0 Å². The molecule has 0 bridgehead atoms. The number of nitrogens with one attached hydrogen (secondary N) is 2. The Kier molecular flexibility index (Phi) is 4.47. The fourth-order valence-corrected chi connectivity index (χ4v) is 2.57. The Morgan fingerprint density at radius 3 is 2.33 bits per heavy atom. The maximum Gasteiger partial charge on any atom is 0.229 e. The number of hydrogen-bond acceptors (Lipinski definition) is 3. The van der Waals surface area contributed by atoms with Crippen LogP contribution in [-0.4, -0.2) is 14.7 Å². The van der Waals surface area contributed by atoms with E-state index in [1.54, 1.807) is 30.3 Å². The van der Waals surface area contributed by atoms with Crippen molar-refractivity contribution < 1.29 is 12.8 Å². The normalized spacial score (nSPS) is 12.7. The van der Waals surface area contributed by atoms with Gasteiger partial charge in [0.05, 0.1) is 17.6 Å². The van der Waals surface area contributed by atoms with Crippen LogP contribution in [0.1, 0.15) is 18.5 Å². The van der Waals surface area contributed by atoms with Gasteiger partial charge in [-0.3, -0.25) is 4.72 Å². The summed E-state index contributed by atoms with van der Waals surface area (Å²) in [6.07, 6.45) is 1.10. The average Bonchev–Trinajstić information content (AvgIpc) is 2.39. The summed E-state index contributed by atoms with van der Waals surface area (Å²) in [4.78, 5) is 0. The molecule has 4 nitrogen and oxygen atoms in total. The Balaban J connectivity index is 2.23. The fourth-order valence-electron chi connectivity index (χ4n) is 1.99. The summed E-state index contributed by atoms with van der Waals surface area (Å²) < 4.78 is 38.4. The zero-order valence-corrected chi connectivity index (χ0v) is 12.6. The monoisotopic (exact) mass is 308 g/mol. The molecule has 0 spiro atoms.